The van der Waals surface area contributed by atoms with Gasteiger partial charge in [0.05, 0.1) is 6.42 Å². The van der Waals surface area contributed by atoms with Crippen molar-refractivity contribution in [2.24, 2.45) is 5.92 Å². The summed E-state index contributed by atoms with van der Waals surface area (Å²) in [6.07, 6.45) is 3.09. The van der Waals surface area contributed by atoms with E-state index in [1.165, 1.54) is 10.9 Å². The molecule has 0 saturated carbocycles. The Kier molecular flexibility index (Phi) is 2.80. The van der Waals surface area contributed by atoms with Crippen LogP contribution in [0, 0.1) is 5.92 Å². The quantitative estimate of drug-likeness (QED) is 0.776. The van der Waals surface area contributed by atoms with Crippen LogP contribution in [0.5, 0.6) is 0 Å². The lowest BCUT2D eigenvalue weighted by atomic mass is 9.91. The molecule has 3 N–H and O–H groups in total. The Bertz CT molecular complexity index is 576. The minimum absolute atomic E-state index is 0.167. The first-order valence-electron chi connectivity index (χ1n) is 6.26. The molecule has 0 unspecified atom stereocenters. The molecule has 0 bridgehead atoms. The number of aromatic nitrogens is 1. The highest BCUT2D eigenvalue weighted by Crippen LogP contribution is 2.33. The van der Waals surface area contributed by atoms with Gasteiger partial charge in [0, 0.05) is 17.8 Å². The number of aliphatic carboxylic acids is 1. The van der Waals surface area contributed by atoms with Crippen molar-refractivity contribution in [2.45, 2.75) is 18.9 Å². The van der Waals surface area contributed by atoms with Crippen LogP contribution in [0.4, 0.5) is 0 Å². The zero-order valence-corrected chi connectivity index (χ0v) is 10.0. The number of aromatic amines is 1. The fraction of sp³-hybridized carbons (Fsp3) is 0.357. The van der Waals surface area contributed by atoms with Crippen LogP contribution in [0.3, 0.4) is 0 Å². The number of rotatable bonds is 3. The van der Waals surface area contributed by atoms with Crippen molar-refractivity contribution in [3.05, 3.63) is 36.0 Å². The number of hydrogen-bond acceptors (Lipinski definition) is 2. The smallest absolute Gasteiger partial charge is 0.303 e. The number of fused-ring (bicyclic) bond motifs is 1. The van der Waals surface area contributed by atoms with E-state index in [-0.39, 0.29) is 18.4 Å². The Balaban J connectivity index is 1.90. The monoisotopic (exact) mass is 244 g/mol. The maximum atomic E-state index is 10.9. The van der Waals surface area contributed by atoms with Crippen molar-refractivity contribution >= 4 is 16.9 Å². The Morgan fingerprint density at radius 2 is 2.28 bits per heavy atom. The zero-order chi connectivity index (χ0) is 12.5. The van der Waals surface area contributed by atoms with E-state index in [9.17, 15) is 4.79 Å². The van der Waals surface area contributed by atoms with E-state index in [2.05, 4.69) is 28.5 Å². The summed E-state index contributed by atoms with van der Waals surface area (Å²) >= 11 is 0. The van der Waals surface area contributed by atoms with Crippen LogP contribution in [0.15, 0.2) is 30.5 Å². The SMILES string of the molecule is O=C(O)C[C@H]1CCN[C@@H]1c1ccc2[nH]ccc2c1. The molecule has 0 radical (unpaired) electrons. The minimum Gasteiger partial charge on any atom is -0.481 e. The second-order valence-electron chi connectivity index (χ2n) is 4.90. The molecule has 0 amide bonds. The Morgan fingerprint density at radius 1 is 1.39 bits per heavy atom. The predicted molar refractivity (Wildman–Crippen MR) is 69.4 cm³/mol. The first-order chi connectivity index (χ1) is 8.74. The molecule has 4 nitrogen and oxygen atoms in total. The third kappa shape index (κ3) is 1.99. The molecule has 1 saturated heterocycles. The average Bonchev–Trinajstić information content (AvgIpc) is 2.95. The molecule has 18 heavy (non-hydrogen) atoms. The Labute approximate surface area is 105 Å². The molecule has 2 heterocycles. The van der Waals surface area contributed by atoms with Gasteiger partial charge in [0.2, 0.25) is 0 Å². The van der Waals surface area contributed by atoms with E-state index in [4.69, 9.17) is 5.11 Å². The van der Waals surface area contributed by atoms with E-state index < -0.39 is 5.97 Å². The van der Waals surface area contributed by atoms with Crippen LogP contribution in [-0.2, 0) is 4.79 Å². The summed E-state index contributed by atoms with van der Waals surface area (Å²) in [5.41, 5.74) is 2.30. The van der Waals surface area contributed by atoms with Crippen LogP contribution in [0.2, 0.25) is 0 Å². The molecule has 2 aromatic rings. The Morgan fingerprint density at radius 3 is 3.11 bits per heavy atom. The van der Waals surface area contributed by atoms with Crippen LogP contribution in [-0.4, -0.2) is 22.6 Å². The molecule has 1 aliphatic heterocycles. The summed E-state index contributed by atoms with van der Waals surface area (Å²) in [7, 11) is 0. The number of hydrogen-bond donors (Lipinski definition) is 3. The van der Waals surface area contributed by atoms with Crippen LogP contribution in [0.25, 0.3) is 10.9 Å². The number of benzene rings is 1. The van der Waals surface area contributed by atoms with Crippen molar-refractivity contribution in [2.75, 3.05) is 6.54 Å². The summed E-state index contributed by atoms with van der Waals surface area (Å²) in [6.45, 7) is 0.897. The Hall–Kier alpha value is -1.81. The molecular formula is C14H16N2O2. The standard InChI is InChI=1S/C14H16N2O2/c17-13(18)8-11-4-6-16-14(11)10-1-2-12-9(7-10)3-5-15-12/h1-3,5,7,11,14-16H,4,6,8H2,(H,17,18)/t11-,14-/m1/s1. The highest BCUT2D eigenvalue weighted by atomic mass is 16.4. The van der Waals surface area contributed by atoms with Crippen molar-refractivity contribution in [1.29, 1.82) is 0 Å². The molecule has 1 aliphatic rings. The summed E-state index contributed by atoms with van der Waals surface area (Å²) in [6, 6.07) is 8.49. The molecule has 4 heteroatoms. The normalized spacial score (nSPS) is 23.6. The largest absolute Gasteiger partial charge is 0.481 e. The van der Waals surface area contributed by atoms with Gasteiger partial charge in [-0.05, 0) is 48.0 Å². The molecule has 3 rings (SSSR count). The van der Waals surface area contributed by atoms with E-state index >= 15 is 0 Å². The van der Waals surface area contributed by atoms with Crippen molar-refractivity contribution < 1.29 is 9.90 Å². The number of carbonyl (C=O) groups is 1. The lowest BCUT2D eigenvalue weighted by Crippen LogP contribution is -2.19. The first-order valence-corrected chi connectivity index (χ1v) is 6.26. The average molecular weight is 244 g/mol. The van der Waals surface area contributed by atoms with Gasteiger partial charge in [-0.15, -0.1) is 0 Å². The van der Waals surface area contributed by atoms with Gasteiger partial charge < -0.3 is 15.4 Å². The third-order valence-corrected chi connectivity index (χ3v) is 3.72. The van der Waals surface area contributed by atoms with Gasteiger partial charge in [-0.25, -0.2) is 0 Å². The van der Waals surface area contributed by atoms with Gasteiger partial charge in [-0.3, -0.25) is 4.79 Å². The zero-order valence-electron chi connectivity index (χ0n) is 10.0. The van der Waals surface area contributed by atoms with Crippen LogP contribution >= 0.6 is 0 Å². The van der Waals surface area contributed by atoms with Gasteiger partial charge in [0.25, 0.3) is 0 Å². The fourth-order valence-corrected chi connectivity index (χ4v) is 2.86. The molecule has 1 fully saturated rings. The van der Waals surface area contributed by atoms with E-state index in [1.807, 2.05) is 12.3 Å². The minimum atomic E-state index is -0.712. The number of carboxylic acid groups (broad SMARTS) is 1. The molecular weight excluding hydrogens is 228 g/mol. The second-order valence-corrected chi connectivity index (χ2v) is 4.90. The van der Waals surface area contributed by atoms with Crippen LogP contribution in [0.1, 0.15) is 24.4 Å². The lowest BCUT2D eigenvalue weighted by molar-refractivity contribution is -0.138. The molecule has 1 aromatic carbocycles. The molecule has 94 valence electrons. The first kappa shape index (κ1) is 11.3. The summed E-state index contributed by atoms with van der Waals surface area (Å²) in [5.74, 6) is -0.518. The second kappa shape index (κ2) is 4.46. The summed E-state index contributed by atoms with van der Waals surface area (Å²) in [5, 5.41) is 13.5. The van der Waals surface area contributed by atoms with Gasteiger partial charge in [-0.2, -0.15) is 0 Å². The maximum absolute atomic E-state index is 10.9. The molecule has 1 aromatic heterocycles. The number of H-pyrrole nitrogens is 1. The van der Waals surface area contributed by atoms with Gasteiger partial charge in [-0.1, -0.05) is 6.07 Å². The van der Waals surface area contributed by atoms with Crippen LogP contribution < -0.4 is 5.32 Å². The molecule has 0 aliphatic carbocycles. The van der Waals surface area contributed by atoms with Gasteiger partial charge >= 0.3 is 5.97 Å². The summed E-state index contributed by atoms with van der Waals surface area (Å²) in [4.78, 5) is 14.0. The predicted octanol–water partition coefficient (Wildman–Crippen LogP) is 2.29. The lowest BCUT2D eigenvalue weighted by Gasteiger charge is -2.18. The maximum Gasteiger partial charge on any atom is 0.303 e. The van der Waals surface area contributed by atoms with Gasteiger partial charge in [0.1, 0.15) is 0 Å². The van der Waals surface area contributed by atoms with Crippen molar-refractivity contribution in [3.63, 3.8) is 0 Å². The van der Waals surface area contributed by atoms with Crippen molar-refractivity contribution in [1.82, 2.24) is 10.3 Å². The van der Waals surface area contributed by atoms with Crippen molar-refractivity contribution in [3.8, 4) is 0 Å². The van der Waals surface area contributed by atoms with E-state index in [1.54, 1.807) is 0 Å². The highest BCUT2D eigenvalue weighted by molar-refractivity contribution is 5.80. The van der Waals surface area contributed by atoms with E-state index in [0.717, 1.165) is 18.5 Å². The third-order valence-electron chi connectivity index (χ3n) is 3.72. The van der Waals surface area contributed by atoms with Gasteiger partial charge in [0.15, 0.2) is 0 Å². The molecule has 2 atom stereocenters. The molecule has 0 spiro atoms. The topological polar surface area (TPSA) is 65.1 Å². The summed E-state index contributed by atoms with van der Waals surface area (Å²) < 4.78 is 0. The number of carboxylic acids is 1. The fourth-order valence-electron chi connectivity index (χ4n) is 2.86. The highest BCUT2D eigenvalue weighted by Gasteiger charge is 2.29. The number of nitrogens with one attached hydrogen (secondary N) is 2. The van der Waals surface area contributed by atoms with E-state index in [0.29, 0.717) is 0 Å².